The fourth-order valence-electron chi connectivity index (χ4n) is 1.95. The van der Waals surface area contributed by atoms with E-state index in [-0.39, 0.29) is 0 Å². The summed E-state index contributed by atoms with van der Waals surface area (Å²) >= 11 is 1.74. The molecule has 0 saturated carbocycles. The lowest BCUT2D eigenvalue weighted by molar-refractivity contribution is 0.805. The highest BCUT2D eigenvalue weighted by atomic mass is 32.2. The van der Waals surface area contributed by atoms with E-state index in [0.717, 1.165) is 35.0 Å². The molecule has 2 N–H and O–H groups in total. The van der Waals surface area contributed by atoms with Gasteiger partial charge in [0, 0.05) is 17.7 Å². The summed E-state index contributed by atoms with van der Waals surface area (Å²) in [7, 11) is 0. The Kier molecular flexibility index (Phi) is 5.01. The Bertz CT molecular complexity index is 596. The number of aromatic nitrogens is 2. The summed E-state index contributed by atoms with van der Waals surface area (Å²) < 4.78 is 0. The zero-order chi connectivity index (χ0) is 14.5. The number of thioether (sulfide) groups is 1. The van der Waals surface area contributed by atoms with Crippen molar-refractivity contribution in [3.8, 4) is 0 Å². The molecule has 0 aliphatic heterocycles. The second-order valence-electron chi connectivity index (χ2n) is 4.92. The Labute approximate surface area is 125 Å². The second kappa shape index (κ2) is 6.75. The highest BCUT2D eigenvalue weighted by molar-refractivity contribution is 7.98. The van der Waals surface area contributed by atoms with Crippen LogP contribution in [0.15, 0.2) is 29.3 Å². The van der Waals surface area contributed by atoms with Gasteiger partial charge >= 0.3 is 0 Å². The highest BCUT2D eigenvalue weighted by Gasteiger charge is 2.09. The van der Waals surface area contributed by atoms with Crippen molar-refractivity contribution in [2.24, 2.45) is 0 Å². The van der Waals surface area contributed by atoms with Crippen LogP contribution in [-0.2, 0) is 12.2 Å². The van der Waals surface area contributed by atoms with Gasteiger partial charge in [0.25, 0.3) is 0 Å². The minimum atomic E-state index is 0.607. The van der Waals surface area contributed by atoms with E-state index in [1.807, 2.05) is 6.92 Å². The Hall–Kier alpha value is -1.55. The van der Waals surface area contributed by atoms with E-state index in [4.69, 9.17) is 5.73 Å². The maximum atomic E-state index is 5.99. The third-order valence-electron chi connectivity index (χ3n) is 3.28. The van der Waals surface area contributed by atoms with E-state index in [2.05, 4.69) is 48.1 Å². The average Bonchev–Trinajstić information content (AvgIpc) is 2.43. The number of nitrogen functional groups attached to an aromatic ring is 1. The van der Waals surface area contributed by atoms with Gasteiger partial charge in [-0.25, -0.2) is 9.97 Å². The molecule has 3 nitrogen and oxygen atoms in total. The minimum absolute atomic E-state index is 0.607. The molecule has 1 heterocycles. The molecule has 0 fully saturated rings. The molecule has 0 atom stereocenters. The molecule has 0 aliphatic rings. The number of anilines is 1. The van der Waals surface area contributed by atoms with E-state index in [1.165, 1.54) is 11.1 Å². The normalized spacial score (nSPS) is 10.8. The first-order chi connectivity index (χ1) is 9.61. The molecule has 20 heavy (non-hydrogen) atoms. The SMILES string of the molecule is CCCc1nc(N)c(C)c(SCc2ccccc2C)n1. The van der Waals surface area contributed by atoms with E-state index in [9.17, 15) is 0 Å². The van der Waals surface area contributed by atoms with Gasteiger partial charge in [0.2, 0.25) is 0 Å². The Morgan fingerprint density at radius 1 is 1.15 bits per heavy atom. The average molecular weight is 287 g/mol. The van der Waals surface area contributed by atoms with Crippen molar-refractivity contribution in [2.45, 2.75) is 44.4 Å². The zero-order valence-corrected chi connectivity index (χ0v) is 13.1. The van der Waals surface area contributed by atoms with Crippen LogP contribution in [0.5, 0.6) is 0 Å². The van der Waals surface area contributed by atoms with Gasteiger partial charge in [0.15, 0.2) is 0 Å². The standard InChI is InChI=1S/C16H21N3S/c1-4-7-14-18-15(17)12(3)16(19-14)20-10-13-9-6-5-8-11(13)2/h5-6,8-9H,4,7,10H2,1-3H3,(H2,17,18,19). The molecule has 0 radical (unpaired) electrons. The maximum Gasteiger partial charge on any atom is 0.132 e. The summed E-state index contributed by atoms with van der Waals surface area (Å²) in [4.78, 5) is 8.99. The molecule has 0 saturated heterocycles. The fourth-order valence-corrected chi connectivity index (χ4v) is 3.06. The van der Waals surface area contributed by atoms with Gasteiger partial charge in [-0.1, -0.05) is 31.2 Å². The van der Waals surface area contributed by atoms with Crippen molar-refractivity contribution in [2.75, 3.05) is 5.73 Å². The second-order valence-corrected chi connectivity index (χ2v) is 5.88. The summed E-state index contributed by atoms with van der Waals surface area (Å²) in [5, 5.41) is 1.00. The van der Waals surface area contributed by atoms with Gasteiger partial charge in [-0.2, -0.15) is 0 Å². The number of nitrogens with two attached hydrogens (primary N) is 1. The smallest absolute Gasteiger partial charge is 0.132 e. The van der Waals surface area contributed by atoms with Crippen molar-refractivity contribution in [1.29, 1.82) is 0 Å². The number of hydrogen-bond donors (Lipinski definition) is 1. The molecule has 0 bridgehead atoms. The van der Waals surface area contributed by atoms with Crippen molar-refractivity contribution in [3.63, 3.8) is 0 Å². The van der Waals surface area contributed by atoms with Crippen molar-refractivity contribution in [1.82, 2.24) is 9.97 Å². The van der Waals surface area contributed by atoms with Crippen molar-refractivity contribution >= 4 is 17.6 Å². The molecule has 2 aromatic rings. The molecule has 2 rings (SSSR count). The topological polar surface area (TPSA) is 51.8 Å². The Morgan fingerprint density at radius 2 is 1.90 bits per heavy atom. The van der Waals surface area contributed by atoms with Gasteiger partial charge in [-0.3, -0.25) is 0 Å². The first-order valence-electron chi connectivity index (χ1n) is 6.92. The van der Waals surface area contributed by atoms with E-state index in [0.29, 0.717) is 5.82 Å². The minimum Gasteiger partial charge on any atom is -0.383 e. The van der Waals surface area contributed by atoms with Crippen LogP contribution in [0.4, 0.5) is 5.82 Å². The van der Waals surface area contributed by atoms with E-state index >= 15 is 0 Å². The van der Waals surface area contributed by atoms with Crippen LogP contribution in [-0.4, -0.2) is 9.97 Å². The maximum absolute atomic E-state index is 5.99. The van der Waals surface area contributed by atoms with Gasteiger partial charge < -0.3 is 5.73 Å². The van der Waals surface area contributed by atoms with Crippen LogP contribution >= 0.6 is 11.8 Å². The predicted molar refractivity (Wildman–Crippen MR) is 85.9 cm³/mol. The number of nitrogens with zero attached hydrogens (tertiary/aromatic N) is 2. The lowest BCUT2D eigenvalue weighted by Crippen LogP contribution is -2.04. The summed E-state index contributed by atoms with van der Waals surface area (Å²) in [5.74, 6) is 2.37. The third-order valence-corrected chi connectivity index (χ3v) is 4.41. The fraction of sp³-hybridized carbons (Fsp3) is 0.375. The summed E-state index contributed by atoms with van der Waals surface area (Å²) in [5.41, 5.74) is 9.63. The number of hydrogen-bond acceptors (Lipinski definition) is 4. The number of rotatable bonds is 5. The first kappa shape index (κ1) is 14.9. The van der Waals surface area contributed by atoms with Gasteiger partial charge in [-0.05, 0) is 31.4 Å². The molecule has 0 aliphatic carbocycles. The van der Waals surface area contributed by atoms with Crippen molar-refractivity contribution < 1.29 is 0 Å². The highest BCUT2D eigenvalue weighted by Crippen LogP contribution is 2.27. The molecular weight excluding hydrogens is 266 g/mol. The van der Waals surface area contributed by atoms with Crippen molar-refractivity contribution in [3.05, 3.63) is 46.8 Å². The van der Waals surface area contributed by atoms with E-state index in [1.54, 1.807) is 11.8 Å². The lowest BCUT2D eigenvalue weighted by Gasteiger charge is -2.10. The summed E-state index contributed by atoms with van der Waals surface area (Å²) in [6.45, 7) is 6.25. The largest absolute Gasteiger partial charge is 0.383 e. The third kappa shape index (κ3) is 3.51. The van der Waals surface area contributed by atoms with Crippen LogP contribution < -0.4 is 5.73 Å². The van der Waals surface area contributed by atoms with Crippen LogP contribution in [0.25, 0.3) is 0 Å². The molecule has 4 heteroatoms. The Balaban J connectivity index is 2.18. The molecule has 0 unspecified atom stereocenters. The van der Waals surface area contributed by atoms with Crippen LogP contribution in [0.2, 0.25) is 0 Å². The molecule has 0 spiro atoms. The molecular formula is C16H21N3S. The zero-order valence-electron chi connectivity index (χ0n) is 12.3. The van der Waals surface area contributed by atoms with Crippen LogP contribution in [0, 0.1) is 13.8 Å². The Morgan fingerprint density at radius 3 is 2.60 bits per heavy atom. The first-order valence-corrected chi connectivity index (χ1v) is 7.90. The molecule has 106 valence electrons. The molecule has 1 aromatic carbocycles. The van der Waals surface area contributed by atoms with Crippen LogP contribution in [0.1, 0.15) is 35.9 Å². The van der Waals surface area contributed by atoms with Gasteiger partial charge in [0.1, 0.15) is 16.7 Å². The predicted octanol–water partition coefficient (Wildman–Crippen LogP) is 3.92. The number of aryl methyl sites for hydroxylation is 2. The van der Waals surface area contributed by atoms with Crippen LogP contribution in [0.3, 0.4) is 0 Å². The summed E-state index contributed by atoms with van der Waals surface area (Å²) in [6.07, 6.45) is 1.91. The quantitative estimate of drug-likeness (QED) is 0.669. The number of benzene rings is 1. The monoisotopic (exact) mass is 287 g/mol. The lowest BCUT2D eigenvalue weighted by atomic mass is 10.1. The van der Waals surface area contributed by atoms with Gasteiger partial charge in [-0.15, -0.1) is 11.8 Å². The van der Waals surface area contributed by atoms with E-state index < -0.39 is 0 Å². The molecule has 0 amide bonds. The summed E-state index contributed by atoms with van der Waals surface area (Å²) in [6, 6.07) is 8.44. The van der Waals surface area contributed by atoms with Gasteiger partial charge in [0.05, 0.1) is 0 Å². The molecule has 1 aromatic heterocycles.